The van der Waals surface area contributed by atoms with E-state index in [1.807, 2.05) is 0 Å². The van der Waals surface area contributed by atoms with Crippen molar-refractivity contribution >= 4 is 17.5 Å². The largest absolute Gasteiger partial charge is 0.488 e. The van der Waals surface area contributed by atoms with Crippen LogP contribution in [0.15, 0.2) is 18.2 Å². The Hall–Kier alpha value is -1.26. The fourth-order valence-corrected chi connectivity index (χ4v) is 2.07. The zero-order valence-electron chi connectivity index (χ0n) is 9.41. The van der Waals surface area contributed by atoms with Gasteiger partial charge in [0.25, 0.3) is 0 Å². The molecule has 17 heavy (non-hydrogen) atoms. The van der Waals surface area contributed by atoms with Gasteiger partial charge in [-0.05, 0) is 37.6 Å². The standard InChI is InChI=1S/C12H15ClN2O2/c13-10-6-8(12(14)16)3-4-11(10)17-9-2-1-5-15-7-9/h3-4,6,9,15H,1-2,5,7H2,(H2,14,16). The minimum absolute atomic E-state index is 0.140. The molecule has 1 aromatic carbocycles. The third-order valence-electron chi connectivity index (χ3n) is 2.76. The third kappa shape index (κ3) is 3.11. The zero-order valence-corrected chi connectivity index (χ0v) is 10.2. The molecule has 0 spiro atoms. The maximum atomic E-state index is 11.0. The van der Waals surface area contributed by atoms with Crippen LogP contribution in [-0.2, 0) is 0 Å². The lowest BCUT2D eigenvalue weighted by atomic mass is 10.1. The maximum absolute atomic E-state index is 11.0. The van der Waals surface area contributed by atoms with E-state index in [0.29, 0.717) is 16.3 Å². The number of piperidine rings is 1. The van der Waals surface area contributed by atoms with E-state index in [9.17, 15) is 4.79 Å². The molecule has 1 aliphatic heterocycles. The van der Waals surface area contributed by atoms with Gasteiger partial charge in [-0.3, -0.25) is 4.79 Å². The van der Waals surface area contributed by atoms with Gasteiger partial charge in [-0.25, -0.2) is 0 Å². The normalized spacial score (nSPS) is 19.9. The molecule has 1 heterocycles. The van der Waals surface area contributed by atoms with Crippen molar-refractivity contribution < 1.29 is 9.53 Å². The van der Waals surface area contributed by atoms with Crippen LogP contribution in [-0.4, -0.2) is 25.1 Å². The summed E-state index contributed by atoms with van der Waals surface area (Å²) in [6.07, 6.45) is 2.25. The second-order valence-corrected chi connectivity index (χ2v) is 4.50. The summed E-state index contributed by atoms with van der Waals surface area (Å²) in [5.74, 6) is 0.114. The van der Waals surface area contributed by atoms with Gasteiger partial charge in [0.1, 0.15) is 11.9 Å². The van der Waals surface area contributed by atoms with E-state index in [0.717, 1.165) is 25.9 Å². The molecule has 1 aromatic rings. The molecule has 0 aromatic heterocycles. The van der Waals surface area contributed by atoms with Gasteiger partial charge in [-0.1, -0.05) is 11.6 Å². The Kier molecular flexibility index (Phi) is 3.86. The Morgan fingerprint density at radius 1 is 1.53 bits per heavy atom. The summed E-state index contributed by atoms with van der Waals surface area (Å²) in [6.45, 7) is 1.86. The summed E-state index contributed by atoms with van der Waals surface area (Å²) < 4.78 is 5.77. The summed E-state index contributed by atoms with van der Waals surface area (Å²) in [7, 11) is 0. The molecule has 5 heteroatoms. The molecule has 1 aliphatic rings. The molecule has 0 bridgehead atoms. The van der Waals surface area contributed by atoms with Crippen molar-refractivity contribution in [3.05, 3.63) is 28.8 Å². The van der Waals surface area contributed by atoms with Gasteiger partial charge in [0.15, 0.2) is 0 Å². The Labute approximate surface area is 105 Å². The molecule has 1 amide bonds. The molecule has 0 aliphatic carbocycles. The minimum atomic E-state index is -0.488. The number of carbonyl (C=O) groups excluding carboxylic acids is 1. The predicted octanol–water partition coefficient (Wildman–Crippen LogP) is 1.57. The molecular weight excluding hydrogens is 240 g/mol. The fourth-order valence-electron chi connectivity index (χ4n) is 1.85. The number of hydrogen-bond donors (Lipinski definition) is 2. The monoisotopic (exact) mass is 254 g/mol. The molecule has 0 radical (unpaired) electrons. The summed E-state index contributed by atoms with van der Waals surface area (Å²) in [4.78, 5) is 11.0. The molecular formula is C12H15ClN2O2. The lowest BCUT2D eigenvalue weighted by Gasteiger charge is -2.24. The summed E-state index contributed by atoms with van der Waals surface area (Å²) in [5.41, 5.74) is 5.56. The topological polar surface area (TPSA) is 64.4 Å². The van der Waals surface area contributed by atoms with E-state index in [4.69, 9.17) is 22.1 Å². The molecule has 1 atom stereocenters. The van der Waals surface area contributed by atoms with E-state index in [-0.39, 0.29) is 6.10 Å². The van der Waals surface area contributed by atoms with Crippen LogP contribution in [0.3, 0.4) is 0 Å². The smallest absolute Gasteiger partial charge is 0.248 e. The summed E-state index contributed by atoms with van der Waals surface area (Å²) in [5, 5.41) is 3.68. The van der Waals surface area contributed by atoms with Gasteiger partial charge in [-0.2, -0.15) is 0 Å². The van der Waals surface area contributed by atoms with E-state index >= 15 is 0 Å². The average Bonchev–Trinajstić information content (AvgIpc) is 2.33. The van der Waals surface area contributed by atoms with Crippen molar-refractivity contribution in [3.63, 3.8) is 0 Å². The van der Waals surface area contributed by atoms with Gasteiger partial charge < -0.3 is 15.8 Å². The number of amides is 1. The fraction of sp³-hybridized carbons (Fsp3) is 0.417. The van der Waals surface area contributed by atoms with Crippen molar-refractivity contribution in [1.82, 2.24) is 5.32 Å². The van der Waals surface area contributed by atoms with Crippen molar-refractivity contribution in [3.8, 4) is 5.75 Å². The van der Waals surface area contributed by atoms with Crippen molar-refractivity contribution in [2.45, 2.75) is 18.9 Å². The Balaban J connectivity index is 2.08. The van der Waals surface area contributed by atoms with Crippen LogP contribution in [0, 0.1) is 0 Å². The van der Waals surface area contributed by atoms with Crippen molar-refractivity contribution in [2.75, 3.05) is 13.1 Å². The van der Waals surface area contributed by atoms with Gasteiger partial charge in [0.05, 0.1) is 5.02 Å². The first-order chi connectivity index (χ1) is 8.16. The highest BCUT2D eigenvalue weighted by Crippen LogP contribution is 2.27. The number of hydrogen-bond acceptors (Lipinski definition) is 3. The van der Waals surface area contributed by atoms with E-state index < -0.39 is 5.91 Å². The molecule has 4 nitrogen and oxygen atoms in total. The highest BCUT2D eigenvalue weighted by atomic mass is 35.5. The quantitative estimate of drug-likeness (QED) is 0.861. The zero-order chi connectivity index (χ0) is 12.3. The van der Waals surface area contributed by atoms with E-state index in [1.165, 1.54) is 6.07 Å². The highest BCUT2D eigenvalue weighted by Gasteiger charge is 2.16. The molecule has 0 saturated carbocycles. The van der Waals surface area contributed by atoms with E-state index in [2.05, 4.69) is 5.32 Å². The predicted molar refractivity (Wildman–Crippen MR) is 66.5 cm³/mol. The third-order valence-corrected chi connectivity index (χ3v) is 3.06. The van der Waals surface area contributed by atoms with Crippen LogP contribution in [0.5, 0.6) is 5.75 Å². The van der Waals surface area contributed by atoms with Crippen LogP contribution in [0.25, 0.3) is 0 Å². The number of rotatable bonds is 3. The van der Waals surface area contributed by atoms with Crippen molar-refractivity contribution in [1.29, 1.82) is 0 Å². The first-order valence-electron chi connectivity index (χ1n) is 5.63. The van der Waals surface area contributed by atoms with Gasteiger partial charge >= 0.3 is 0 Å². The maximum Gasteiger partial charge on any atom is 0.248 e. The number of halogens is 1. The lowest BCUT2D eigenvalue weighted by Crippen LogP contribution is -2.37. The second kappa shape index (κ2) is 5.38. The number of primary amides is 1. The molecule has 1 saturated heterocycles. The Bertz CT molecular complexity index is 417. The molecule has 2 rings (SSSR count). The van der Waals surface area contributed by atoms with Crippen molar-refractivity contribution in [2.24, 2.45) is 5.73 Å². The van der Waals surface area contributed by atoms with Crippen LogP contribution >= 0.6 is 11.6 Å². The Morgan fingerprint density at radius 2 is 2.35 bits per heavy atom. The molecule has 1 unspecified atom stereocenters. The molecule has 1 fully saturated rings. The van der Waals surface area contributed by atoms with E-state index in [1.54, 1.807) is 12.1 Å². The number of ether oxygens (including phenoxy) is 1. The number of benzene rings is 1. The lowest BCUT2D eigenvalue weighted by molar-refractivity contribution is 0.1000. The van der Waals surface area contributed by atoms with Gasteiger partial charge in [-0.15, -0.1) is 0 Å². The molecule has 92 valence electrons. The summed E-state index contributed by atoms with van der Waals surface area (Å²) in [6, 6.07) is 4.85. The first kappa shape index (κ1) is 12.2. The second-order valence-electron chi connectivity index (χ2n) is 4.10. The minimum Gasteiger partial charge on any atom is -0.488 e. The van der Waals surface area contributed by atoms with Gasteiger partial charge in [0, 0.05) is 12.1 Å². The number of nitrogens with two attached hydrogens (primary N) is 1. The van der Waals surface area contributed by atoms with Crippen LogP contribution in [0.1, 0.15) is 23.2 Å². The number of nitrogens with one attached hydrogen (secondary N) is 1. The van der Waals surface area contributed by atoms with Crippen LogP contribution < -0.4 is 15.8 Å². The Morgan fingerprint density at radius 3 is 2.94 bits per heavy atom. The number of carbonyl (C=O) groups is 1. The van der Waals surface area contributed by atoms with Crippen LogP contribution in [0.2, 0.25) is 5.02 Å². The van der Waals surface area contributed by atoms with Gasteiger partial charge in [0.2, 0.25) is 5.91 Å². The average molecular weight is 255 g/mol. The first-order valence-corrected chi connectivity index (χ1v) is 6.01. The molecule has 3 N–H and O–H groups in total. The van der Waals surface area contributed by atoms with Crippen LogP contribution in [0.4, 0.5) is 0 Å². The highest BCUT2D eigenvalue weighted by molar-refractivity contribution is 6.32. The SMILES string of the molecule is NC(=O)c1ccc(OC2CCCNC2)c(Cl)c1. The summed E-state index contributed by atoms with van der Waals surface area (Å²) >= 11 is 6.04.